The van der Waals surface area contributed by atoms with Crippen LogP contribution < -0.4 is 16.6 Å². The van der Waals surface area contributed by atoms with Gasteiger partial charge in [0.2, 0.25) is 0 Å². The second kappa shape index (κ2) is 9.41. The number of nitrogens with zero attached hydrogens (tertiary/aromatic N) is 2. The lowest BCUT2D eigenvalue weighted by atomic mass is 9.83. The monoisotopic (exact) mass is 487 g/mol. The van der Waals surface area contributed by atoms with Gasteiger partial charge in [0.15, 0.2) is 17.7 Å². The van der Waals surface area contributed by atoms with E-state index in [9.17, 15) is 28.8 Å². The van der Waals surface area contributed by atoms with Crippen molar-refractivity contribution in [1.29, 1.82) is 0 Å². The molecule has 36 heavy (non-hydrogen) atoms. The number of fused-ring (bicyclic) bond motifs is 2. The maximum Gasteiger partial charge on any atom is 0.331 e. The number of rotatable bonds is 5. The second-order valence-corrected chi connectivity index (χ2v) is 8.18. The van der Waals surface area contributed by atoms with Crippen LogP contribution in [0.2, 0.25) is 0 Å². The first-order valence-electron chi connectivity index (χ1n) is 10.9. The Labute approximate surface area is 204 Å². The molecule has 1 aliphatic carbocycles. The zero-order valence-corrected chi connectivity index (χ0v) is 19.6. The molecule has 0 fully saturated rings. The van der Waals surface area contributed by atoms with Crippen molar-refractivity contribution in [3.8, 4) is 0 Å². The molecule has 0 radical (unpaired) electrons. The number of hydrogen-bond donors (Lipinski definition) is 1. The van der Waals surface area contributed by atoms with Gasteiger partial charge in [0.1, 0.15) is 0 Å². The number of ketones is 2. The summed E-state index contributed by atoms with van der Waals surface area (Å²) < 4.78 is 7.19. The fourth-order valence-electron chi connectivity index (χ4n) is 3.86. The van der Waals surface area contributed by atoms with Gasteiger partial charge < -0.3 is 14.6 Å². The average Bonchev–Trinajstić information content (AvgIpc) is 2.87. The number of benzene rings is 2. The van der Waals surface area contributed by atoms with Crippen LogP contribution in [0.25, 0.3) is 6.08 Å². The number of nitrogens with one attached hydrogen (secondary N) is 1. The first-order chi connectivity index (χ1) is 17.1. The highest BCUT2D eigenvalue weighted by atomic mass is 16.5. The molecule has 182 valence electrons. The van der Waals surface area contributed by atoms with Gasteiger partial charge in [-0.05, 0) is 19.1 Å². The van der Waals surface area contributed by atoms with E-state index in [1.807, 2.05) is 0 Å². The first kappa shape index (κ1) is 24.3. The van der Waals surface area contributed by atoms with Crippen molar-refractivity contribution in [1.82, 2.24) is 9.13 Å². The molecule has 0 bridgehead atoms. The number of carbonyl (C=O) groups is 4. The van der Waals surface area contributed by atoms with Crippen LogP contribution >= 0.6 is 0 Å². The number of aromatic nitrogens is 2. The van der Waals surface area contributed by atoms with Crippen LogP contribution in [0.3, 0.4) is 0 Å². The van der Waals surface area contributed by atoms with E-state index in [0.717, 1.165) is 10.6 Å². The second-order valence-electron chi connectivity index (χ2n) is 8.18. The maximum absolute atomic E-state index is 13.1. The molecule has 0 saturated carbocycles. The summed E-state index contributed by atoms with van der Waals surface area (Å²) in [6.45, 7) is 1.34. The average molecular weight is 487 g/mol. The molecule has 1 aromatic heterocycles. The fraction of sp³-hybridized carbons (Fsp3) is 0.154. The summed E-state index contributed by atoms with van der Waals surface area (Å²) in [5, 5.41) is 2.56. The predicted molar refractivity (Wildman–Crippen MR) is 130 cm³/mol. The Morgan fingerprint density at radius 1 is 0.917 bits per heavy atom. The lowest BCUT2D eigenvalue weighted by Crippen LogP contribution is -2.37. The van der Waals surface area contributed by atoms with Crippen LogP contribution in [0.4, 0.5) is 5.69 Å². The van der Waals surface area contributed by atoms with Crippen molar-refractivity contribution < 1.29 is 23.9 Å². The van der Waals surface area contributed by atoms with Gasteiger partial charge >= 0.3 is 11.7 Å². The third kappa shape index (κ3) is 4.31. The van der Waals surface area contributed by atoms with Crippen LogP contribution in [0.5, 0.6) is 0 Å². The van der Waals surface area contributed by atoms with Crippen molar-refractivity contribution in [2.75, 3.05) is 5.32 Å². The summed E-state index contributed by atoms with van der Waals surface area (Å²) in [4.78, 5) is 74.8. The van der Waals surface area contributed by atoms with E-state index in [4.69, 9.17) is 4.74 Å². The Kier molecular flexibility index (Phi) is 6.35. The van der Waals surface area contributed by atoms with Gasteiger partial charge in [0, 0.05) is 43.1 Å². The molecule has 1 atom stereocenters. The zero-order chi connectivity index (χ0) is 26.1. The highest BCUT2D eigenvalue weighted by Gasteiger charge is 2.32. The summed E-state index contributed by atoms with van der Waals surface area (Å²) in [6.07, 6.45) is 2.17. The van der Waals surface area contributed by atoms with Crippen LogP contribution in [-0.4, -0.2) is 38.7 Å². The van der Waals surface area contributed by atoms with Crippen molar-refractivity contribution in [2.45, 2.75) is 13.0 Å². The molecule has 1 N–H and O–H groups in total. The van der Waals surface area contributed by atoms with Gasteiger partial charge in [-0.2, -0.15) is 0 Å². The van der Waals surface area contributed by atoms with Crippen LogP contribution in [0.1, 0.15) is 44.3 Å². The van der Waals surface area contributed by atoms with Crippen molar-refractivity contribution in [3.63, 3.8) is 0 Å². The topological polar surface area (TPSA) is 134 Å². The van der Waals surface area contributed by atoms with Crippen molar-refractivity contribution in [3.05, 3.63) is 103 Å². The van der Waals surface area contributed by atoms with Gasteiger partial charge in [-0.1, -0.05) is 36.4 Å². The number of aryl methyl sites for hydroxylation is 1. The maximum atomic E-state index is 13.1. The van der Waals surface area contributed by atoms with Crippen molar-refractivity contribution in [2.24, 2.45) is 14.1 Å². The molecular formula is C26H21N3O7. The molecular weight excluding hydrogens is 466 g/mol. The quantitative estimate of drug-likeness (QED) is 0.333. The van der Waals surface area contributed by atoms with Gasteiger partial charge in [-0.3, -0.25) is 23.7 Å². The number of anilines is 1. The van der Waals surface area contributed by atoms with E-state index >= 15 is 0 Å². The first-order valence-corrected chi connectivity index (χ1v) is 10.9. The summed E-state index contributed by atoms with van der Waals surface area (Å²) in [5.74, 6) is -2.35. The Bertz CT molecular complexity index is 1590. The molecule has 3 aromatic rings. The summed E-state index contributed by atoms with van der Waals surface area (Å²) in [5.41, 5.74) is -0.141. The third-order valence-electron chi connectivity index (χ3n) is 5.74. The van der Waals surface area contributed by atoms with E-state index in [2.05, 4.69) is 5.32 Å². The molecule has 2 aromatic carbocycles. The summed E-state index contributed by atoms with van der Waals surface area (Å²) >= 11 is 0. The van der Waals surface area contributed by atoms with E-state index in [-0.39, 0.29) is 33.7 Å². The molecule has 1 heterocycles. The van der Waals surface area contributed by atoms with Gasteiger partial charge in [0.05, 0.1) is 16.8 Å². The Morgan fingerprint density at radius 3 is 2.25 bits per heavy atom. The highest BCUT2D eigenvalue weighted by Crippen LogP contribution is 2.32. The molecule has 1 unspecified atom stereocenters. The Balaban J connectivity index is 1.50. The fourth-order valence-corrected chi connectivity index (χ4v) is 3.86. The molecule has 10 nitrogen and oxygen atoms in total. The number of hydrogen-bond acceptors (Lipinski definition) is 7. The van der Waals surface area contributed by atoms with Gasteiger partial charge in [0.25, 0.3) is 11.5 Å². The molecule has 0 saturated heterocycles. The number of carbonyl (C=O) groups excluding carboxylic acids is 4. The molecule has 10 heteroatoms. The summed E-state index contributed by atoms with van der Waals surface area (Å²) in [6, 6.07) is 11.0. The Hall–Kier alpha value is -4.86. The lowest BCUT2D eigenvalue weighted by molar-refractivity contribution is -0.148. The normalized spacial score (nSPS) is 13.2. The number of amides is 1. The molecule has 0 aliphatic heterocycles. The minimum absolute atomic E-state index is 0.0681. The minimum atomic E-state index is -1.26. The molecule has 1 amide bonds. The number of esters is 1. The SMILES string of the molecule is CC(OC(=O)/C=C/c1cn(C)c(=O)n(C)c1=O)C(=O)Nc1cccc2c1C(=O)c1ccccc1C2=O. The molecule has 4 rings (SSSR count). The predicted octanol–water partition coefficient (Wildman–Crippen LogP) is 1.44. The molecule has 1 aliphatic rings. The van der Waals surface area contributed by atoms with E-state index in [1.54, 1.807) is 30.3 Å². The molecule has 0 spiro atoms. The van der Waals surface area contributed by atoms with Gasteiger partial charge in [-0.15, -0.1) is 0 Å². The lowest BCUT2D eigenvalue weighted by Gasteiger charge is -2.21. The van der Waals surface area contributed by atoms with Crippen LogP contribution in [0, 0.1) is 0 Å². The third-order valence-corrected chi connectivity index (χ3v) is 5.74. The zero-order valence-electron chi connectivity index (χ0n) is 19.6. The smallest absolute Gasteiger partial charge is 0.331 e. The standard InChI is InChI=1S/C26H21N3O7/c1-14(36-20(30)12-11-15-13-28(2)26(35)29(3)25(15)34)24(33)27-19-10-6-9-18-21(19)23(32)17-8-5-4-7-16(17)22(18)31/h4-14H,1-3H3,(H,27,33)/b12-11+. The van der Waals surface area contributed by atoms with Crippen LogP contribution in [0.15, 0.2) is 64.3 Å². The van der Waals surface area contributed by atoms with Crippen LogP contribution in [-0.2, 0) is 28.4 Å². The summed E-state index contributed by atoms with van der Waals surface area (Å²) in [7, 11) is 2.77. The van der Waals surface area contributed by atoms with Gasteiger partial charge in [-0.25, -0.2) is 9.59 Å². The largest absolute Gasteiger partial charge is 0.449 e. The number of ether oxygens (including phenoxy) is 1. The van der Waals surface area contributed by atoms with E-state index < -0.39 is 35.0 Å². The van der Waals surface area contributed by atoms with E-state index in [0.29, 0.717) is 5.56 Å². The highest BCUT2D eigenvalue weighted by molar-refractivity contribution is 6.30. The van der Waals surface area contributed by atoms with Crippen molar-refractivity contribution >= 4 is 35.2 Å². The Morgan fingerprint density at radius 2 is 1.56 bits per heavy atom. The van der Waals surface area contributed by atoms with E-state index in [1.165, 1.54) is 50.0 Å². The minimum Gasteiger partial charge on any atom is -0.449 e.